The van der Waals surface area contributed by atoms with E-state index in [-0.39, 0.29) is 11.9 Å². The monoisotopic (exact) mass is 384 g/mol. The first kappa shape index (κ1) is 19.6. The van der Waals surface area contributed by atoms with E-state index < -0.39 is 0 Å². The average Bonchev–Trinajstić information content (AvgIpc) is 3.30. The average molecular weight is 385 g/mol. The minimum atomic E-state index is 0.0983. The van der Waals surface area contributed by atoms with Crippen LogP contribution < -0.4 is 4.74 Å². The maximum atomic E-state index is 12.7. The molecule has 0 spiro atoms. The predicted octanol–water partition coefficient (Wildman–Crippen LogP) is 5.22. The summed E-state index contributed by atoms with van der Waals surface area (Å²) in [6.07, 6.45) is 8.27. The van der Waals surface area contributed by atoms with Crippen LogP contribution in [0.15, 0.2) is 35.7 Å². The first-order valence-corrected chi connectivity index (χ1v) is 10.5. The molecule has 144 valence electrons. The van der Waals surface area contributed by atoms with E-state index in [9.17, 15) is 4.79 Å². The summed E-state index contributed by atoms with van der Waals surface area (Å²) in [4.78, 5) is 19.2. The number of carbonyl (C=O) groups is 1. The van der Waals surface area contributed by atoms with Crippen LogP contribution in [-0.4, -0.2) is 27.9 Å². The highest BCUT2D eigenvalue weighted by atomic mass is 32.1. The molecule has 0 bridgehead atoms. The van der Waals surface area contributed by atoms with E-state index in [1.54, 1.807) is 17.4 Å². The quantitative estimate of drug-likeness (QED) is 0.614. The number of amides is 1. The summed E-state index contributed by atoms with van der Waals surface area (Å²) in [5.41, 5.74) is 1.91. The molecule has 1 heterocycles. The molecule has 5 heteroatoms. The number of thiazole rings is 1. The van der Waals surface area contributed by atoms with Gasteiger partial charge in [-0.1, -0.05) is 25.0 Å². The maximum absolute atomic E-state index is 12.7. The van der Waals surface area contributed by atoms with Crippen LogP contribution in [0.1, 0.15) is 55.8 Å². The highest BCUT2D eigenvalue weighted by Crippen LogP contribution is 2.25. The molecular formula is C22H28N2O2S. The first-order chi connectivity index (χ1) is 13.0. The van der Waals surface area contributed by atoms with Gasteiger partial charge in [0.25, 0.3) is 0 Å². The second-order valence-corrected chi connectivity index (χ2v) is 8.39. The molecule has 0 unspecified atom stereocenters. The van der Waals surface area contributed by atoms with E-state index in [4.69, 9.17) is 4.74 Å². The SMILES string of the molecule is Cc1nc(COc2cccc(/C=C/C(=O)N(C(C)C)C3CCCC3)c2)cs1. The third kappa shape index (κ3) is 5.42. The number of aryl methyl sites for hydroxylation is 1. The number of benzene rings is 1. The topological polar surface area (TPSA) is 42.4 Å². The number of hydrogen-bond acceptors (Lipinski definition) is 4. The van der Waals surface area contributed by atoms with Crippen LogP contribution in [-0.2, 0) is 11.4 Å². The van der Waals surface area contributed by atoms with Gasteiger partial charge in [-0.15, -0.1) is 11.3 Å². The summed E-state index contributed by atoms with van der Waals surface area (Å²) in [6, 6.07) is 8.43. The van der Waals surface area contributed by atoms with Gasteiger partial charge < -0.3 is 9.64 Å². The molecule has 3 rings (SSSR count). The molecule has 1 aromatic heterocycles. The third-order valence-electron chi connectivity index (χ3n) is 4.86. The maximum Gasteiger partial charge on any atom is 0.247 e. The molecule has 2 aromatic rings. The third-order valence-corrected chi connectivity index (χ3v) is 5.68. The van der Waals surface area contributed by atoms with Crippen LogP contribution >= 0.6 is 11.3 Å². The minimum Gasteiger partial charge on any atom is -0.487 e. The van der Waals surface area contributed by atoms with Crippen LogP contribution in [0, 0.1) is 6.92 Å². The number of hydrogen-bond donors (Lipinski definition) is 0. The summed E-state index contributed by atoms with van der Waals surface area (Å²) < 4.78 is 5.83. The Morgan fingerprint density at radius 2 is 2.15 bits per heavy atom. The Morgan fingerprint density at radius 3 is 2.81 bits per heavy atom. The molecule has 0 radical (unpaired) electrons. The van der Waals surface area contributed by atoms with Crippen molar-refractivity contribution in [1.29, 1.82) is 0 Å². The van der Waals surface area contributed by atoms with Crippen LogP contribution in [0.4, 0.5) is 0 Å². The molecule has 1 aliphatic carbocycles. The van der Waals surface area contributed by atoms with Gasteiger partial charge in [0.1, 0.15) is 12.4 Å². The lowest BCUT2D eigenvalue weighted by Gasteiger charge is -2.31. The first-order valence-electron chi connectivity index (χ1n) is 9.67. The van der Waals surface area contributed by atoms with Gasteiger partial charge >= 0.3 is 0 Å². The molecule has 0 N–H and O–H groups in total. The van der Waals surface area contributed by atoms with Crippen molar-refractivity contribution < 1.29 is 9.53 Å². The number of carbonyl (C=O) groups excluding carboxylic acids is 1. The van der Waals surface area contributed by atoms with E-state index in [1.165, 1.54) is 12.8 Å². The van der Waals surface area contributed by atoms with Crippen molar-refractivity contribution in [1.82, 2.24) is 9.88 Å². The standard InChI is InChI=1S/C22H28N2O2S/c1-16(2)24(20-8-4-5-9-20)22(25)12-11-18-7-6-10-21(13-18)26-14-19-15-27-17(3)23-19/h6-7,10-13,15-16,20H,4-5,8-9,14H2,1-3H3/b12-11+. The van der Waals surface area contributed by atoms with Crippen molar-refractivity contribution >= 4 is 23.3 Å². The summed E-state index contributed by atoms with van der Waals surface area (Å²) in [6.45, 7) is 6.64. The fourth-order valence-electron chi connectivity index (χ4n) is 3.63. The van der Waals surface area contributed by atoms with Crippen LogP contribution in [0.25, 0.3) is 6.08 Å². The van der Waals surface area contributed by atoms with E-state index in [2.05, 4.69) is 18.8 Å². The summed E-state index contributed by atoms with van der Waals surface area (Å²) in [7, 11) is 0. The minimum absolute atomic E-state index is 0.0983. The Morgan fingerprint density at radius 1 is 1.37 bits per heavy atom. The van der Waals surface area contributed by atoms with Crippen LogP contribution in [0.2, 0.25) is 0 Å². The zero-order chi connectivity index (χ0) is 19.2. The lowest BCUT2D eigenvalue weighted by atomic mass is 10.1. The largest absolute Gasteiger partial charge is 0.487 e. The van der Waals surface area contributed by atoms with Crippen LogP contribution in [0.5, 0.6) is 5.75 Å². The van der Waals surface area contributed by atoms with Gasteiger partial charge in [-0.25, -0.2) is 4.98 Å². The van der Waals surface area contributed by atoms with Crippen molar-refractivity contribution in [3.05, 3.63) is 52.0 Å². The Labute approximate surface area is 165 Å². The second kappa shape index (κ2) is 9.18. The lowest BCUT2D eigenvalue weighted by Crippen LogP contribution is -2.42. The lowest BCUT2D eigenvalue weighted by molar-refractivity contribution is -0.130. The van der Waals surface area contributed by atoms with E-state index in [0.717, 1.165) is 34.9 Å². The second-order valence-electron chi connectivity index (χ2n) is 7.33. The number of rotatable bonds is 7. The molecule has 1 amide bonds. The molecule has 1 aliphatic rings. The Kier molecular flexibility index (Phi) is 6.67. The summed E-state index contributed by atoms with van der Waals surface area (Å²) >= 11 is 1.62. The van der Waals surface area contributed by atoms with Gasteiger partial charge in [0.2, 0.25) is 5.91 Å². The van der Waals surface area contributed by atoms with Crippen molar-refractivity contribution in [2.24, 2.45) is 0 Å². The Hall–Kier alpha value is -2.14. The van der Waals surface area contributed by atoms with Gasteiger partial charge in [-0.2, -0.15) is 0 Å². The molecule has 1 saturated carbocycles. The van der Waals surface area contributed by atoms with Gasteiger partial charge in [0.05, 0.1) is 10.7 Å². The zero-order valence-electron chi connectivity index (χ0n) is 16.4. The van der Waals surface area contributed by atoms with Gasteiger partial charge in [0, 0.05) is 23.5 Å². The van der Waals surface area contributed by atoms with Crippen LogP contribution in [0.3, 0.4) is 0 Å². The fraction of sp³-hybridized carbons (Fsp3) is 0.455. The molecule has 27 heavy (non-hydrogen) atoms. The van der Waals surface area contributed by atoms with E-state index >= 15 is 0 Å². The zero-order valence-corrected chi connectivity index (χ0v) is 17.2. The Balaban J connectivity index is 1.62. The smallest absolute Gasteiger partial charge is 0.247 e. The van der Waals surface area contributed by atoms with Crippen molar-refractivity contribution in [2.75, 3.05) is 0 Å². The van der Waals surface area contributed by atoms with Gasteiger partial charge in [-0.3, -0.25) is 4.79 Å². The molecule has 0 saturated heterocycles. The molecule has 0 atom stereocenters. The fourth-order valence-corrected chi connectivity index (χ4v) is 4.23. The molecule has 1 fully saturated rings. The highest BCUT2D eigenvalue weighted by Gasteiger charge is 2.27. The normalized spacial score (nSPS) is 15.0. The number of ether oxygens (including phenoxy) is 1. The molecule has 4 nitrogen and oxygen atoms in total. The molecule has 1 aromatic carbocycles. The van der Waals surface area contributed by atoms with Gasteiger partial charge in [-0.05, 0) is 57.4 Å². The number of aromatic nitrogens is 1. The highest BCUT2D eigenvalue weighted by molar-refractivity contribution is 7.09. The molecular weight excluding hydrogens is 356 g/mol. The van der Waals surface area contributed by atoms with Crippen molar-refractivity contribution in [3.8, 4) is 5.75 Å². The van der Waals surface area contributed by atoms with Gasteiger partial charge in [0.15, 0.2) is 0 Å². The van der Waals surface area contributed by atoms with Crippen molar-refractivity contribution in [2.45, 2.75) is 65.1 Å². The Bertz CT molecular complexity index is 791. The van der Waals surface area contributed by atoms with E-state index in [0.29, 0.717) is 12.6 Å². The predicted molar refractivity (Wildman–Crippen MR) is 111 cm³/mol. The molecule has 0 aliphatic heterocycles. The van der Waals surface area contributed by atoms with Crippen molar-refractivity contribution in [3.63, 3.8) is 0 Å². The summed E-state index contributed by atoms with van der Waals surface area (Å²) in [5, 5.41) is 3.06. The number of nitrogens with zero attached hydrogens (tertiary/aromatic N) is 2. The summed E-state index contributed by atoms with van der Waals surface area (Å²) in [5.74, 6) is 0.882. The van der Waals surface area contributed by atoms with E-state index in [1.807, 2.05) is 47.5 Å².